The van der Waals surface area contributed by atoms with Crippen LogP contribution in [0.25, 0.3) is 10.6 Å². The topological polar surface area (TPSA) is 60.5 Å². The van der Waals surface area contributed by atoms with Gasteiger partial charge in [-0.1, -0.05) is 43.0 Å². The molecular weight excluding hydrogens is 372 g/mol. The predicted octanol–water partition coefficient (Wildman–Crippen LogP) is 4.36. The average molecular weight is 394 g/mol. The van der Waals surface area contributed by atoms with E-state index in [1.165, 1.54) is 11.3 Å². The van der Waals surface area contributed by atoms with Gasteiger partial charge in [-0.05, 0) is 30.2 Å². The summed E-state index contributed by atoms with van der Waals surface area (Å²) in [5.41, 5.74) is 2.39. The van der Waals surface area contributed by atoms with Crippen molar-refractivity contribution >= 4 is 17.2 Å². The molecule has 2 aromatic carbocycles. The number of hydrogen-bond donors (Lipinski definition) is 1. The van der Waals surface area contributed by atoms with Gasteiger partial charge in [0.25, 0.3) is 5.91 Å². The third-order valence-corrected chi connectivity index (χ3v) is 4.95. The lowest BCUT2D eigenvalue weighted by Crippen LogP contribution is -2.26. The largest absolute Gasteiger partial charge is 0.496 e. The normalized spacial score (nSPS) is 10.3. The van der Waals surface area contributed by atoms with Gasteiger partial charge in [0, 0.05) is 17.5 Å². The van der Waals surface area contributed by atoms with Crippen LogP contribution >= 0.6 is 11.3 Å². The number of carbonyl (C=O) groups is 1. The van der Waals surface area contributed by atoms with Gasteiger partial charge in [0.1, 0.15) is 28.8 Å². The Kier molecular flexibility index (Phi) is 6.81. The zero-order chi connectivity index (χ0) is 19.8. The number of hydrogen-bond acceptors (Lipinski definition) is 5. The Morgan fingerprint density at radius 2 is 2.11 bits per heavy atom. The second kappa shape index (κ2) is 9.71. The van der Waals surface area contributed by atoms with E-state index in [1.807, 2.05) is 48.5 Å². The fourth-order valence-electron chi connectivity index (χ4n) is 2.70. The number of amides is 1. The van der Waals surface area contributed by atoms with Crippen molar-refractivity contribution in [2.75, 3.05) is 20.3 Å². The third-order valence-electron chi connectivity index (χ3n) is 4.06. The van der Waals surface area contributed by atoms with E-state index in [2.05, 4.69) is 16.9 Å². The quantitative estimate of drug-likeness (QED) is 0.548. The zero-order valence-electron chi connectivity index (χ0n) is 15.7. The first-order valence-electron chi connectivity index (χ1n) is 8.91. The Hall–Kier alpha value is -3.12. The lowest BCUT2D eigenvalue weighted by atomic mass is 10.1. The van der Waals surface area contributed by atoms with E-state index in [4.69, 9.17) is 9.47 Å². The van der Waals surface area contributed by atoms with Crippen molar-refractivity contribution in [3.63, 3.8) is 0 Å². The number of rotatable bonds is 9. The van der Waals surface area contributed by atoms with E-state index in [1.54, 1.807) is 18.6 Å². The molecule has 0 radical (unpaired) electrons. The molecule has 3 aromatic rings. The van der Waals surface area contributed by atoms with Gasteiger partial charge in [-0.15, -0.1) is 11.3 Å². The molecule has 0 aliphatic heterocycles. The molecule has 0 aliphatic rings. The molecule has 0 spiro atoms. The maximum Gasteiger partial charge on any atom is 0.270 e. The van der Waals surface area contributed by atoms with Crippen molar-refractivity contribution in [1.29, 1.82) is 0 Å². The minimum atomic E-state index is -0.184. The molecule has 0 atom stereocenters. The van der Waals surface area contributed by atoms with Crippen LogP contribution in [-0.2, 0) is 6.42 Å². The number of nitrogens with one attached hydrogen (secondary N) is 1. The summed E-state index contributed by atoms with van der Waals surface area (Å²) in [7, 11) is 1.64. The highest BCUT2D eigenvalue weighted by atomic mass is 32.1. The molecule has 1 N–H and O–H groups in total. The van der Waals surface area contributed by atoms with Crippen LogP contribution in [0.3, 0.4) is 0 Å². The molecule has 5 nitrogen and oxygen atoms in total. The lowest BCUT2D eigenvalue weighted by molar-refractivity contribution is 0.0950. The maximum atomic E-state index is 12.4. The van der Waals surface area contributed by atoms with Crippen molar-refractivity contribution in [2.24, 2.45) is 0 Å². The van der Waals surface area contributed by atoms with Crippen molar-refractivity contribution in [3.05, 3.63) is 77.8 Å². The summed E-state index contributed by atoms with van der Waals surface area (Å²) in [5, 5.41) is 5.46. The predicted molar refractivity (Wildman–Crippen MR) is 112 cm³/mol. The lowest BCUT2D eigenvalue weighted by Gasteiger charge is -2.08. The summed E-state index contributed by atoms with van der Waals surface area (Å²) < 4.78 is 10.9. The Morgan fingerprint density at radius 3 is 2.93 bits per heavy atom. The molecule has 0 saturated carbocycles. The third kappa shape index (κ3) is 4.98. The fraction of sp³-hybridized carbons (Fsp3) is 0.182. The number of benzene rings is 2. The summed E-state index contributed by atoms with van der Waals surface area (Å²) in [5.74, 6) is 1.39. The van der Waals surface area contributed by atoms with Crippen molar-refractivity contribution < 1.29 is 14.3 Å². The standard InChI is InChI=1S/C22H22N2O3S/c1-3-13-27-18-9-6-8-17(14-18)22-24-19(15-28-22)21(25)23-12-11-16-7-4-5-10-20(16)26-2/h3-10,14-15H,1,11-13H2,2H3,(H,23,25). The summed E-state index contributed by atoms with van der Waals surface area (Å²) in [6, 6.07) is 15.4. The van der Waals surface area contributed by atoms with Crippen LogP contribution in [0.15, 0.2) is 66.6 Å². The van der Waals surface area contributed by atoms with Gasteiger partial charge >= 0.3 is 0 Å². The van der Waals surface area contributed by atoms with Crippen LogP contribution < -0.4 is 14.8 Å². The van der Waals surface area contributed by atoms with E-state index >= 15 is 0 Å². The highest BCUT2D eigenvalue weighted by molar-refractivity contribution is 7.13. The highest BCUT2D eigenvalue weighted by Gasteiger charge is 2.12. The fourth-order valence-corrected chi connectivity index (χ4v) is 3.49. The Morgan fingerprint density at radius 1 is 1.25 bits per heavy atom. The Balaban J connectivity index is 1.60. The molecule has 1 aromatic heterocycles. The van der Waals surface area contributed by atoms with Crippen molar-refractivity contribution in [3.8, 4) is 22.1 Å². The number of nitrogens with zero attached hydrogens (tertiary/aromatic N) is 1. The van der Waals surface area contributed by atoms with Crippen LogP contribution in [0.4, 0.5) is 0 Å². The molecule has 0 aliphatic carbocycles. The van der Waals surface area contributed by atoms with E-state index < -0.39 is 0 Å². The molecular formula is C22H22N2O3S. The number of carbonyl (C=O) groups excluding carboxylic acids is 1. The average Bonchev–Trinajstić information content (AvgIpc) is 3.23. The summed E-state index contributed by atoms with van der Waals surface area (Å²) in [6.45, 7) is 4.60. The maximum absolute atomic E-state index is 12.4. The molecule has 0 unspecified atom stereocenters. The molecule has 0 saturated heterocycles. The van der Waals surface area contributed by atoms with Crippen molar-refractivity contribution in [2.45, 2.75) is 6.42 Å². The Bertz CT molecular complexity index is 952. The van der Waals surface area contributed by atoms with Gasteiger partial charge in [-0.3, -0.25) is 4.79 Å². The van der Waals surface area contributed by atoms with Crippen LogP contribution in [0.1, 0.15) is 16.1 Å². The smallest absolute Gasteiger partial charge is 0.270 e. The van der Waals surface area contributed by atoms with Gasteiger partial charge < -0.3 is 14.8 Å². The first-order chi connectivity index (χ1) is 13.7. The number of para-hydroxylation sites is 1. The van der Waals surface area contributed by atoms with E-state index in [9.17, 15) is 4.79 Å². The molecule has 144 valence electrons. The minimum Gasteiger partial charge on any atom is -0.496 e. The van der Waals surface area contributed by atoms with Crippen molar-refractivity contribution in [1.82, 2.24) is 10.3 Å². The first-order valence-corrected chi connectivity index (χ1v) is 9.79. The molecule has 0 bridgehead atoms. The molecule has 28 heavy (non-hydrogen) atoms. The van der Waals surface area contributed by atoms with E-state index in [0.29, 0.717) is 25.3 Å². The molecule has 1 amide bonds. The number of aromatic nitrogens is 1. The number of methoxy groups -OCH3 is 1. The van der Waals surface area contributed by atoms with Crippen LogP contribution in [0, 0.1) is 0 Å². The zero-order valence-corrected chi connectivity index (χ0v) is 16.5. The molecule has 3 rings (SSSR count). The molecule has 6 heteroatoms. The highest BCUT2D eigenvalue weighted by Crippen LogP contribution is 2.27. The Labute approximate surface area is 168 Å². The summed E-state index contributed by atoms with van der Waals surface area (Å²) in [6.07, 6.45) is 2.39. The number of thiazole rings is 1. The summed E-state index contributed by atoms with van der Waals surface area (Å²) in [4.78, 5) is 16.9. The van der Waals surface area contributed by atoms with Gasteiger partial charge in [0.15, 0.2) is 0 Å². The first kappa shape index (κ1) is 19.6. The monoisotopic (exact) mass is 394 g/mol. The summed E-state index contributed by atoms with van der Waals surface area (Å²) >= 11 is 1.43. The van der Waals surface area contributed by atoms with Gasteiger partial charge in [-0.25, -0.2) is 4.98 Å². The van der Waals surface area contributed by atoms with Crippen LogP contribution in [0.2, 0.25) is 0 Å². The minimum absolute atomic E-state index is 0.184. The van der Waals surface area contributed by atoms with Gasteiger partial charge in [0.05, 0.1) is 7.11 Å². The second-order valence-electron chi connectivity index (χ2n) is 5.98. The second-order valence-corrected chi connectivity index (χ2v) is 6.84. The SMILES string of the molecule is C=CCOc1cccc(-c2nc(C(=O)NCCc3ccccc3OC)cs2)c1. The molecule has 1 heterocycles. The van der Waals surface area contributed by atoms with Crippen LogP contribution in [0.5, 0.6) is 11.5 Å². The van der Waals surface area contributed by atoms with Gasteiger partial charge in [-0.2, -0.15) is 0 Å². The van der Waals surface area contributed by atoms with Gasteiger partial charge in [0.2, 0.25) is 0 Å². The molecule has 0 fully saturated rings. The van der Waals surface area contributed by atoms with Crippen LogP contribution in [-0.4, -0.2) is 31.2 Å². The van der Waals surface area contributed by atoms with E-state index in [0.717, 1.165) is 27.6 Å². The van der Waals surface area contributed by atoms with E-state index in [-0.39, 0.29) is 5.91 Å². The number of ether oxygens (including phenoxy) is 2.